The van der Waals surface area contributed by atoms with Crippen molar-refractivity contribution in [2.24, 2.45) is 0 Å². The van der Waals surface area contributed by atoms with Gasteiger partial charge in [0.15, 0.2) is 11.0 Å². The van der Waals surface area contributed by atoms with Crippen LogP contribution in [0, 0.1) is 13.8 Å². The van der Waals surface area contributed by atoms with Crippen molar-refractivity contribution in [2.45, 2.75) is 20.4 Å². The van der Waals surface area contributed by atoms with Gasteiger partial charge in [-0.05, 0) is 25.0 Å². The highest BCUT2D eigenvalue weighted by Gasteiger charge is 2.07. The Morgan fingerprint density at radius 1 is 1.29 bits per heavy atom. The first-order chi connectivity index (χ1) is 8.18. The molecular formula is C11H14ClN5. The van der Waals surface area contributed by atoms with Gasteiger partial charge in [-0.2, -0.15) is 0 Å². The largest absolute Gasteiger partial charge is 0.367 e. The summed E-state index contributed by atoms with van der Waals surface area (Å²) >= 11 is 5.89. The molecule has 90 valence electrons. The Balaban J connectivity index is 1.97. The van der Waals surface area contributed by atoms with Gasteiger partial charge in [-0.3, -0.25) is 0 Å². The Morgan fingerprint density at radius 2 is 2.12 bits per heavy atom. The van der Waals surface area contributed by atoms with Crippen LogP contribution in [0.5, 0.6) is 0 Å². The summed E-state index contributed by atoms with van der Waals surface area (Å²) in [6.45, 7) is 5.53. The molecule has 0 amide bonds. The van der Waals surface area contributed by atoms with Gasteiger partial charge in [0, 0.05) is 25.5 Å². The molecule has 2 rings (SSSR count). The molecule has 0 fully saturated rings. The molecule has 0 radical (unpaired) electrons. The molecule has 0 unspecified atom stereocenters. The van der Waals surface area contributed by atoms with E-state index in [1.807, 2.05) is 24.6 Å². The monoisotopic (exact) mass is 251 g/mol. The molecular weight excluding hydrogens is 238 g/mol. The summed E-state index contributed by atoms with van der Waals surface area (Å²) in [5.74, 6) is 0.784. The summed E-state index contributed by atoms with van der Waals surface area (Å²) in [4.78, 5) is 3.98. The maximum atomic E-state index is 5.89. The lowest BCUT2D eigenvalue weighted by Gasteiger charge is -2.10. The van der Waals surface area contributed by atoms with Crippen LogP contribution in [-0.4, -0.2) is 26.3 Å². The summed E-state index contributed by atoms with van der Waals surface area (Å²) in [6, 6.07) is 0. The molecule has 2 aromatic rings. The first kappa shape index (κ1) is 11.9. The van der Waals surface area contributed by atoms with Crippen molar-refractivity contribution in [3.63, 3.8) is 0 Å². The minimum absolute atomic E-state index is 0.461. The highest BCUT2D eigenvalue weighted by atomic mass is 35.5. The molecule has 0 aliphatic rings. The highest BCUT2D eigenvalue weighted by Crippen LogP contribution is 2.20. The summed E-state index contributed by atoms with van der Waals surface area (Å²) in [6.07, 6.45) is 5.47. The minimum Gasteiger partial charge on any atom is -0.367 e. The molecule has 2 heterocycles. The molecule has 0 aliphatic heterocycles. The number of hydrogen-bond donors (Lipinski definition) is 1. The van der Waals surface area contributed by atoms with E-state index in [0.29, 0.717) is 5.15 Å². The van der Waals surface area contributed by atoms with Crippen LogP contribution in [0.2, 0.25) is 5.15 Å². The molecule has 1 N–H and O–H groups in total. The molecule has 0 saturated carbocycles. The Morgan fingerprint density at radius 3 is 2.82 bits per heavy atom. The van der Waals surface area contributed by atoms with Gasteiger partial charge in [0.05, 0.1) is 6.33 Å². The SMILES string of the molecule is Cc1c(Cl)nnc(NCCn2ccnc2)c1C. The molecule has 0 spiro atoms. The van der Waals surface area contributed by atoms with Gasteiger partial charge in [0.1, 0.15) is 0 Å². The van der Waals surface area contributed by atoms with Crippen molar-refractivity contribution in [3.8, 4) is 0 Å². The Hall–Kier alpha value is -1.62. The average Bonchev–Trinajstić information content (AvgIpc) is 2.82. The molecule has 6 heteroatoms. The lowest BCUT2D eigenvalue weighted by Crippen LogP contribution is -2.12. The fraction of sp³-hybridized carbons (Fsp3) is 0.364. The van der Waals surface area contributed by atoms with E-state index in [-0.39, 0.29) is 0 Å². The van der Waals surface area contributed by atoms with Crippen LogP contribution in [0.25, 0.3) is 0 Å². The topological polar surface area (TPSA) is 55.6 Å². The minimum atomic E-state index is 0.461. The quantitative estimate of drug-likeness (QED) is 0.904. The molecule has 0 saturated heterocycles. The summed E-state index contributed by atoms with van der Waals surface area (Å²) < 4.78 is 2.00. The maximum absolute atomic E-state index is 5.89. The van der Waals surface area contributed by atoms with Gasteiger partial charge in [0.2, 0.25) is 0 Å². The van der Waals surface area contributed by atoms with Gasteiger partial charge in [-0.25, -0.2) is 4.98 Å². The zero-order valence-electron chi connectivity index (χ0n) is 9.81. The molecule has 0 bridgehead atoms. The van der Waals surface area contributed by atoms with E-state index >= 15 is 0 Å². The third-order valence-electron chi connectivity index (χ3n) is 2.69. The number of nitrogens with one attached hydrogen (secondary N) is 1. The first-order valence-corrected chi connectivity index (χ1v) is 5.75. The van der Waals surface area contributed by atoms with E-state index in [2.05, 4.69) is 20.5 Å². The first-order valence-electron chi connectivity index (χ1n) is 5.37. The molecule has 0 aromatic carbocycles. The van der Waals surface area contributed by atoms with Crippen molar-refractivity contribution >= 4 is 17.4 Å². The lowest BCUT2D eigenvalue weighted by molar-refractivity contribution is 0.723. The number of hydrogen-bond acceptors (Lipinski definition) is 4. The van der Waals surface area contributed by atoms with E-state index in [9.17, 15) is 0 Å². The fourth-order valence-corrected chi connectivity index (χ4v) is 1.65. The second kappa shape index (κ2) is 5.14. The van der Waals surface area contributed by atoms with Crippen molar-refractivity contribution < 1.29 is 0 Å². The number of nitrogens with zero attached hydrogens (tertiary/aromatic N) is 4. The predicted molar refractivity (Wildman–Crippen MR) is 67.2 cm³/mol. The normalized spacial score (nSPS) is 10.5. The van der Waals surface area contributed by atoms with Gasteiger partial charge in [0.25, 0.3) is 0 Å². The molecule has 2 aromatic heterocycles. The number of rotatable bonds is 4. The van der Waals surface area contributed by atoms with Crippen LogP contribution in [0.15, 0.2) is 18.7 Å². The number of anilines is 1. The van der Waals surface area contributed by atoms with Crippen LogP contribution in [-0.2, 0) is 6.54 Å². The van der Waals surface area contributed by atoms with Gasteiger partial charge in [-0.1, -0.05) is 11.6 Å². The van der Waals surface area contributed by atoms with E-state index in [1.165, 1.54) is 0 Å². The highest BCUT2D eigenvalue weighted by molar-refractivity contribution is 6.30. The third-order valence-corrected chi connectivity index (χ3v) is 3.05. The van der Waals surface area contributed by atoms with Gasteiger partial charge < -0.3 is 9.88 Å². The van der Waals surface area contributed by atoms with Crippen molar-refractivity contribution in [3.05, 3.63) is 35.0 Å². The van der Waals surface area contributed by atoms with E-state index < -0.39 is 0 Å². The number of halogens is 1. The van der Waals surface area contributed by atoms with Crippen molar-refractivity contribution in [1.82, 2.24) is 19.7 Å². The fourth-order valence-electron chi connectivity index (χ4n) is 1.47. The molecule has 0 atom stereocenters. The van der Waals surface area contributed by atoms with E-state index in [1.54, 1.807) is 12.5 Å². The summed E-state index contributed by atoms with van der Waals surface area (Å²) in [5.41, 5.74) is 2.00. The Labute approximate surface area is 105 Å². The molecule has 17 heavy (non-hydrogen) atoms. The lowest BCUT2D eigenvalue weighted by atomic mass is 10.2. The zero-order chi connectivity index (χ0) is 12.3. The molecule has 5 nitrogen and oxygen atoms in total. The van der Waals surface area contributed by atoms with Gasteiger partial charge >= 0.3 is 0 Å². The maximum Gasteiger partial charge on any atom is 0.155 e. The van der Waals surface area contributed by atoms with Crippen LogP contribution in [0.4, 0.5) is 5.82 Å². The van der Waals surface area contributed by atoms with Crippen LogP contribution in [0.3, 0.4) is 0 Å². The second-order valence-corrected chi connectivity index (χ2v) is 4.17. The van der Waals surface area contributed by atoms with Crippen LogP contribution in [0.1, 0.15) is 11.1 Å². The predicted octanol–water partition coefficient (Wildman–Crippen LogP) is 2.06. The van der Waals surface area contributed by atoms with Crippen LogP contribution < -0.4 is 5.32 Å². The second-order valence-electron chi connectivity index (χ2n) is 3.82. The summed E-state index contributed by atoms with van der Waals surface area (Å²) in [5, 5.41) is 11.6. The molecule has 0 aliphatic carbocycles. The Bertz CT molecular complexity index is 495. The van der Waals surface area contributed by atoms with E-state index in [4.69, 9.17) is 11.6 Å². The number of imidazole rings is 1. The number of aromatic nitrogens is 4. The standard InChI is InChI=1S/C11H14ClN5/c1-8-9(2)11(16-15-10(8)12)14-4-6-17-5-3-13-7-17/h3,5,7H,4,6H2,1-2H3,(H,14,16). The summed E-state index contributed by atoms with van der Waals surface area (Å²) in [7, 11) is 0. The van der Waals surface area contributed by atoms with Crippen molar-refractivity contribution in [1.29, 1.82) is 0 Å². The van der Waals surface area contributed by atoms with E-state index in [0.717, 1.165) is 30.0 Å². The Kier molecular flexibility index (Phi) is 3.58. The third kappa shape index (κ3) is 2.74. The van der Waals surface area contributed by atoms with Gasteiger partial charge in [-0.15, -0.1) is 10.2 Å². The average molecular weight is 252 g/mol. The smallest absolute Gasteiger partial charge is 0.155 e. The zero-order valence-corrected chi connectivity index (χ0v) is 10.6. The van der Waals surface area contributed by atoms with Crippen LogP contribution >= 0.6 is 11.6 Å². The van der Waals surface area contributed by atoms with Crippen molar-refractivity contribution in [2.75, 3.05) is 11.9 Å².